The molecule has 10 heteroatoms. The van der Waals surface area contributed by atoms with Crippen LogP contribution in [0.3, 0.4) is 0 Å². The normalized spacial score (nSPS) is 16.1. The summed E-state index contributed by atoms with van der Waals surface area (Å²) in [5.74, 6) is -2.18. The predicted octanol–water partition coefficient (Wildman–Crippen LogP) is 7.50. The molecule has 4 amide bonds. The van der Waals surface area contributed by atoms with E-state index in [1.165, 1.54) is 0 Å². The third-order valence-electron chi connectivity index (χ3n) is 12.1. The lowest BCUT2D eigenvalue weighted by Gasteiger charge is -2.35. The number of amides is 4. The number of nitrogens with zero attached hydrogens (tertiary/aromatic N) is 1. The van der Waals surface area contributed by atoms with Gasteiger partial charge >= 0.3 is 0 Å². The highest BCUT2D eigenvalue weighted by Gasteiger charge is 2.35. The maximum absolute atomic E-state index is 14.4. The Labute approximate surface area is 369 Å². The van der Waals surface area contributed by atoms with E-state index >= 15 is 0 Å². The molecule has 7 rings (SSSR count). The molecule has 1 aliphatic rings. The molecule has 6 aromatic rings. The van der Waals surface area contributed by atoms with E-state index < -0.39 is 36.0 Å². The summed E-state index contributed by atoms with van der Waals surface area (Å²) < 4.78 is 0. The van der Waals surface area contributed by atoms with E-state index in [9.17, 15) is 24.0 Å². The van der Waals surface area contributed by atoms with Crippen LogP contribution in [0.1, 0.15) is 73.1 Å². The van der Waals surface area contributed by atoms with E-state index in [1.807, 2.05) is 171 Å². The summed E-state index contributed by atoms with van der Waals surface area (Å²) in [5.41, 5.74) is 3.23. The Morgan fingerprint density at radius 1 is 0.571 bits per heavy atom. The molecule has 0 aliphatic carbocycles. The second kappa shape index (κ2) is 20.9. The fraction of sp³-hybridized carbons (Fsp3) is 0.302. The summed E-state index contributed by atoms with van der Waals surface area (Å²) in [4.78, 5) is 72.6. The van der Waals surface area contributed by atoms with Gasteiger partial charge in [0.2, 0.25) is 23.6 Å². The summed E-state index contributed by atoms with van der Waals surface area (Å²) in [6.07, 6.45) is 2.60. The molecule has 0 radical (unpaired) electrons. The molecular formula is C53H57N5O5. The molecule has 0 spiro atoms. The molecule has 1 aliphatic heterocycles. The molecule has 1 saturated heterocycles. The molecule has 5 atom stereocenters. The van der Waals surface area contributed by atoms with Gasteiger partial charge in [-0.2, -0.15) is 0 Å². The van der Waals surface area contributed by atoms with Gasteiger partial charge in [-0.1, -0.05) is 160 Å². The van der Waals surface area contributed by atoms with E-state index in [0.29, 0.717) is 18.5 Å². The average molecular weight is 844 g/mol. The Morgan fingerprint density at radius 2 is 1.16 bits per heavy atom. The van der Waals surface area contributed by atoms with Crippen molar-refractivity contribution in [1.29, 1.82) is 0 Å². The number of benzene rings is 6. The van der Waals surface area contributed by atoms with Crippen LogP contribution in [0, 0.1) is 5.92 Å². The van der Waals surface area contributed by atoms with Gasteiger partial charge in [-0.25, -0.2) is 0 Å². The third-order valence-corrected chi connectivity index (χ3v) is 12.1. The van der Waals surface area contributed by atoms with Crippen LogP contribution in [0.2, 0.25) is 0 Å². The number of piperidine rings is 1. The van der Waals surface area contributed by atoms with E-state index in [1.54, 1.807) is 0 Å². The summed E-state index contributed by atoms with van der Waals surface area (Å²) in [7, 11) is 0. The molecule has 324 valence electrons. The monoisotopic (exact) mass is 843 g/mol. The predicted molar refractivity (Wildman–Crippen MR) is 249 cm³/mol. The summed E-state index contributed by atoms with van der Waals surface area (Å²) in [5, 5.41) is 16.2. The van der Waals surface area contributed by atoms with E-state index in [0.717, 1.165) is 51.1 Å². The van der Waals surface area contributed by atoms with Crippen molar-refractivity contribution < 1.29 is 24.0 Å². The van der Waals surface area contributed by atoms with E-state index in [-0.39, 0.29) is 48.9 Å². The zero-order valence-corrected chi connectivity index (χ0v) is 36.3. The van der Waals surface area contributed by atoms with Crippen LogP contribution in [-0.4, -0.2) is 71.6 Å². The Balaban J connectivity index is 1.07. The lowest BCUT2D eigenvalue weighted by atomic mass is 9.97. The number of rotatable bonds is 17. The molecule has 10 nitrogen and oxygen atoms in total. The van der Waals surface area contributed by atoms with Crippen LogP contribution < -0.4 is 21.3 Å². The molecule has 4 N–H and O–H groups in total. The van der Waals surface area contributed by atoms with Gasteiger partial charge < -0.3 is 21.3 Å². The first kappa shape index (κ1) is 44.4. The van der Waals surface area contributed by atoms with Gasteiger partial charge in [0.05, 0.1) is 18.6 Å². The Kier molecular flexibility index (Phi) is 14.8. The van der Waals surface area contributed by atoms with Crippen molar-refractivity contribution in [3.8, 4) is 0 Å². The van der Waals surface area contributed by atoms with Crippen molar-refractivity contribution in [2.75, 3.05) is 13.1 Å². The molecule has 6 aromatic carbocycles. The van der Waals surface area contributed by atoms with Crippen LogP contribution in [0.25, 0.3) is 21.5 Å². The quantitative estimate of drug-likeness (QED) is 0.0703. The second-order valence-corrected chi connectivity index (χ2v) is 17.0. The highest BCUT2D eigenvalue weighted by molar-refractivity contribution is 6.01. The number of hydrogen-bond donors (Lipinski definition) is 4. The highest BCUT2D eigenvalue weighted by atomic mass is 16.2. The smallest absolute Gasteiger partial charge is 0.243 e. The number of ketones is 1. The fourth-order valence-corrected chi connectivity index (χ4v) is 8.57. The van der Waals surface area contributed by atoms with Crippen molar-refractivity contribution in [3.05, 3.63) is 168 Å². The first-order valence-corrected chi connectivity index (χ1v) is 22.1. The number of hydrogen-bond acceptors (Lipinski definition) is 6. The minimum Gasteiger partial charge on any atom is -0.348 e. The van der Waals surface area contributed by atoms with Crippen molar-refractivity contribution in [3.63, 3.8) is 0 Å². The molecule has 1 fully saturated rings. The lowest BCUT2D eigenvalue weighted by Crippen LogP contribution is -2.60. The van der Waals surface area contributed by atoms with Gasteiger partial charge in [-0.15, -0.1) is 0 Å². The molecule has 0 saturated carbocycles. The van der Waals surface area contributed by atoms with Gasteiger partial charge in [-0.05, 0) is 76.5 Å². The van der Waals surface area contributed by atoms with E-state index in [2.05, 4.69) is 21.3 Å². The molecule has 0 aromatic heterocycles. The molecule has 1 heterocycles. The Morgan fingerprint density at radius 3 is 1.84 bits per heavy atom. The zero-order valence-electron chi connectivity index (χ0n) is 36.3. The second-order valence-electron chi connectivity index (χ2n) is 17.0. The molecule has 63 heavy (non-hydrogen) atoms. The SMILES string of the molecule is CC(C)[C@H](NC(=O)[C@H](Cc1ccccc1)NC(=O)[C@@H]1CCCCN1CC(=O)c1ccc2ccccc2c1)C(=O)N[C@@H](Cc1ccccc1)C(=O)N[C@H](C)c1cccc2ccccc12. The molecule has 0 bridgehead atoms. The average Bonchev–Trinajstić information content (AvgIpc) is 3.30. The number of fused-ring (bicyclic) bond motifs is 2. The van der Waals surface area contributed by atoms with Crippen LogP contribution in [0.4, 0.5) is 0 Å². The highest BCUT2D eigenvalue weighted by Crippen LogP contribution is 2.25. The van der Waals surface area contributed by atoms with Gasteiger partial charge in [0.25, 0.3) is 0 Å². The number of carbonyl (C=O) groups is 5. The van der Waals surface area contributed by atoms with Crippen molar-refractivity contribution in [2.24, 2.45) is 5.92 Å². The number of nitrogens with one attached hydrogen (secondary N) is 4. The number of Topliss-reactive ketones (excluding diaryl/α,β-unsaturated/α-hetero) is 1. The summed E-state index contributed by atoms with van der Waals surface area (Å²) in [6, 6.07) is 42.4. The maximum Gasteiger partial charge on any atom is 0.243 e. The lowest BCUT2D eigenvalue weighted by molar-refractivity contribution is -0.135. The third kappa shape index (κ3) is 11.4. The van der Waals surface area contributed by atoms with Crippen LogP contribution in [0.5, 0.6) is 0 Å². The fourth-order valence-electron chi connectivity index (χ4n) is 8.57. The first-order valence-electron chi connectivity index (χ1n) is 22.1. The molecule has 0 unspecified atom stereocenters. The van der Waals surface area contributed by atoms with Crippen molar-refractivity contribution in [2.45, 2.75) is 83.1 Å². The van der Waals surface area contributed by atoms with E-state index in [4.69, 9.17) is 0 Å². The van der Waals surface area contributed by atoms with Crippen molar-refractivity contribution >= 4 is 51.0 Å². The minimum absolute atomic E-state index is 0.0695. The number of carbonyl (C=O) groups excluding carboxylic acids is 5. The minimum atomic E-state index is -1.03. The Bertz CT molecular complexity index is 2540. The van der Waals surface area contributed by atoms with Crippen molar-refractivity contribution in [1.82, 2.24) is 26.2 Å². The van der Waals surface area contributed by atoms with Crippen LogP contribution in [0.15, 0.2) is 146 Å². The summed E-state index contributed by atoms with van der Waals surface area (Å²) >= 11 is 0. The number of likely N-dealkylation sites (tertiary alicyclic amines) is 1. The van der Waals surface area contributed by atoms with Gasteiger partial charge in [0.15, 0.2) is 5.78 Å². The topological polar surface area (TPSA) is 137 Å². The van der Waals surface area contributed by atoms with Crippen LogP contribution in [-0.2, 0) is 32.0 Å². The zero-order chi connectivity index (χ0) is 44.3. The standard InChI is InChI=1S/C53H57N5O5/c1-35(2)49(53(63)56-45(31-37-17-6-4-7-18-37)50(60)54-36(3)43-26-16-24-40-22-12-13-25-44(40)43)57-51(61)46(32-38-19-8-5-9-20-38)55-52(62)47-27-14-15-30-58(47)34-48(59)42-29-28-39-21-10-11-23-41(39)33-42/h4-13,16-26,28-29,33,35-36,45-47,49H,14-15,27,30-32,34H2,1-3H3,(H,54,60)(H,55,62)(H,56,63)(H,57,61)/t36-,45+,46+,47+,49+/m1/s1. The first-order chi connectivity index (χ1) is 30.5. The molecular weight excluding hydrogens is 787 g/mol. The van der Waals surface area contributed by atoms with Gasteiger partial charge in [0.1, 0.15) is 18.1 Å². The summed E-state index contributed by atoms with van der Waals surface area (Å²) in [6.45, 7) is 6.23. The van der Waals surface area contributed by atoms with Crippen LogP contribution >= 0.6 is 0 Å². The van der Waals surface area contributed by atoms with Gasteiger partial charge in [0, 0.05) is 18.4 Å². The van der Waals surface area contributed by atoms with Gasteiger partial charge in [-0.3, -0.25) is 28.9 Å². The largest absolute Gasteiger partial charge is 0.348 e. The Hall–Kier alpha value is -6.65. The maximum atomic E-state index is 14.4.